The summed E-state index contributed by atoms with van der Waals surface area (Å²) in [7, 11) is 1.95. The molecule has 4 heteroatoms. The Balaban J connectivity index is 1.82. The molecule has 0 aliphatic heterocycles. The Morgan fingerprint density at radius 3 is 2.68 bits per heavy atom. The molecule has 1 atom stereocenters. The zero-order chi connectivity index (χ0) is 15.4. The molecule has 2 heterocycles. The second-order valence-corrected chi connectivity index (χ2v) is 5.43. The Labute approximate surface area is 130 Å². The van der Waals surface area contributed by atoms with Crippen LogP contribution in [0.15, 0.2) is 61.2 Å². The van der Waals surface area contributed by atoms with Crippen LogP contribution in [0.5, 0.6) is 0 Å². The molecule has 0 saturated heterocycles. The van der Waals surface area contributed by atoms with Crippen LogP contribution in [0, 0.1) is 0 Å². The van der Waals surface area contributed by atoms with Gasteiger partial charge in [0.05, 0.1) is 12.7 Å². The Morgan fingerprint density at radius 1 is 1.09 bits per heavy atom. The summed E-state index contributed by atoms with van der Waals surface area (Å²) in [5.74, 6) is 0. The average Bonchev–Trinajstić information content (AvgIpc) is 3.04. The number of hydrogen-bond acceptors (Lipinski definition) is 3. The van der Waals surface area contributed by atoms with E-state index in [0.717, 1.165) is 17.7 Å². The van der Waals surface area contributed by atoms with Gasteiger partial charge in [-0.3, -0.25) is 9.67 Å². The van der Waals surface area contributed by atoms with Gasteiger partial charge in [0.25, 0.3) is 0 Å². The van der Waals surface area contributed by atoms with Crippen LogP contribution in [0.3, 0.4) is 0 Å². The number of aromatic nitrogens is 3. The first-order valence-electron chi connectivity index (χ1n) is 7.45. The summed E-state index contributed by atoms with van der Waals surface area (Å²) in [4.78, 5) is 4.35. The molecule has 22 heavy (non-hydrogen) atoms. The molecule has 3 rings (SSSR count). The average molecular weight is 292 g/mol. The molecular weight excluding hydrogens is 272 g/mol. The lowest BCUT2D eigenvalue weighted by molar-refractivity contribution is 0.650. The Bertz CT molecular complexity index is 734. The highest BCUT2D eigenvalue weighted by atomic mass is 15.3. The van der Waals surface area contributed by atoms with Crippen molar-refractivity contribution >= 4 is 0 Å². The highest BCUT2D eigenvalue weighted by molar-refractivity contribution is 5.61. The van der Waals surface area contributed by atoms with Gasteiger partial charge in [0, 0.05) is 35.8 Å². The quantitative estimate of drug-likeness (QED) is 0.785. The smallest absolute Gasteiger partial charge is 0.0659 e. The van der Waals surface area contributed by atoms with Crippen molar-refractivity contribution in [2.75, 3.05) is 7.05 Å². The summed E-state index contributed by atoms with van der Waals surface area (Å²) in [5.41, 5.74) is 4.61. The molecule has 0 amide bonds. The molecule has 0 radical (unpaired) electrons. The summed E-state index contributed by atoms with van der Waals surface area (Å²) in [5, 5.41) is 7.69. The maximum Gasteiger partial charge on any atom is 0.0659 e. The van der Waals surface area contributed by atoms with Gasteiger partial charge in [-0.25, -0.2) is 0 Å². The first-order valence-corrected chi connectivity index (χ1v) is 7.45. The molecule has 112 valence electrons. The fourth-order valence-electron chi connectivity index (χ4n) is 2.39. The normalized spacial score (nSPS) is 12.3. The lowest BCUT2D eigenvalue weighted by Crippen LogP contribution is -2.12. The summed E-state index contributed by atoms with van der Waals surface area (Å²) >= 11 is 0. The van der Waals surface area contributed by atoms with Gasteiger partial charge in [0.15, 0.2) is 0 Å². The molecule has 0 spiro atoms. The maximum absolute atomic E-state index is 4.46. The van der Waals surface area contributed by atoms with E-state index in [2.05, 4.69) is 46.7 Å². The van der Waals surface area contributed by atoms with Gasteiger partial charge < -0.3 is 5.32 Å². The zero-order valence-corrected chi connectivity index (χ0v) is 12.9. The predicted molar refractivity (Wildman–Crippen MR) is 88.5 cm³/mol. The fourth-order valence-corrected chi connectivity index (χ4v) is 2.39. The SMILES string of the molecule is CNC(C)c1cncc(-c2cnn(Cc3ccccc3)c2)c1. The third-order valence-electron chi connectivity index (χ3n) is 3.85. The molecule has 0 bridgehead atoms. The van der Waals surface area contributed by atoms with Crippen molar-refractivity contribution in [3.8, 4) is 11.1 Å². The van der Waals surface area contributed by atoms with Crippen molar-refractivity contribution in [2.24, 2.45) is 0 Å². The van der Waals surface area contributed by atoms with Crippen LogP contribution in [-0.4, -0.2) is 21.8 Å². The number of nitrogens with zero attached hydrogens (tertiary/aromatic N) is 3. The standard InChI is InChI=1S/C18H20N4/c1-14(19-2)16-8-17(10-20-9-16)18-11-21-22(13-18)12-15-6-4-3-5-7-15/h3-11,13-14,19H,12H2,1-2H3. The van der Waals surface area contributed by atoms with Crippen molar-refractivity contribution in [3.05, 3.63) is 72.3 Å². The third-order valence-corrected chi connectivity index (χ3v) is 3.85. The molecule has 4 nitrogen and oxygen atoms in total. The number of pyridine rings is 1. The third kappa shape index (κ3) is 3.23. The molecule has 1 N–H and O–H groups in total. The van der Waals surface area contributed by atoms with E-state index >= 15 is 0 Å². The molecule has 3 aromatic rings. The van der Waals surface area contributed by atoms with Crippen molar-refractivity contribution in [2.45, 2.75) is 19.5 Å². The second kappa shape index (κ2) is 6.54. The van der Waals surface area contributed by atoms with Crippen molar-refractivity contribution in [1.29, 1.82) is 0 Å². The van der Waals surface area contributed by atoms with Gasteiger partial charge in [-0.05, 0) is 31.2 Å². The molecule has 0 saturated carbocycles. The van der Waals surface area contributed by atoms with E-state index in [4.69, 9.17) is 0 Å². The van der Waals surface area contributed by atoms with Gasteiger partial charge >= 0.3 is 0 Å². The molecule has 0 aliphatic carbocycles. The van der Waals surface area contributed by atoms with Gasteiger partial charge in [0.1, 0.15) is 0 Å². The van der Waals surface area contributed by atoms with E-state index in [1.807, 2.05) is 48.5 Å². The van der Waals surface area contributed by atoms with Crippen molar-refractivity contribution < 1.29 is 0 Å². The van der Waals surface area contributed by atoms with Crippen LogP contribution in [-0.2, 0) is 6.54 Å². The molecule has 2 aromatic heterocycles. The highest BCUT2D eigenvalue weighted by Crippen LogP contribution is 2.21. The molecular formula is C18H20N4. The van der Waals surface area contributed by atoms with Crippen LogP contribution < -0.4 is 5.32 Å². The molecule has 0 fully saturated rings. The Hall–Kier alpha value is -2.46. The predicted octanol–water partition coefficient (Wildman–Crippen LogP) is 3.27. The van der Waals surface area contributed by atoms with Crippen LogP contribution >= 0.6 is 0 Å². The molecule has 1 aromatic carbocycles. The van der Waals surface area contributed by atoms with E-state index in [0.29, 0.717) is 0 Å². The topological polar surface area (TPSA) is 42.7 Å². The van der Waals surface area contributed by atoms with E-state index in [1.54, 1.807) is 0 Å². The first-order chi connectivity index (χ1) is 10.8. The minimum atomic E-state index is 0.284. The minimum Gasteiger partial charge on any atom is -0.313 e. The zero-order valence-electron chi connectivity index (χ0n) is 12.9. The number of nitrogens with one attached hydrogen (secondary N) is 1. The summed E-state index contributed by atoms with van der Waals surface area (Å²) in [6.07, 6.45) is 7.75. The fraction of sp³-hybridized carbons (Fsp3) is 0.222. The van der Waals surface area contributed by atoms with Gasteiger partial charge in [-0.1, -0.05) is 30.3 Å². The van der Waals surface area contributed by atoms with Crippen LogP contribution in [0.4, 0.5) is 0 Å². The van der Waals surface area contributed by atoms with Gasteiger partial charge in [-0.2, -0.15) is 5.10 Å². The minimum absolute atomic E-state index is 0.284. The van der Waals surface area contributed by atoms with E-state index in [-0.39, 0.29) is 6.04 Å². The maximum atomic E-state index is 4.46. The summed E-state index contributed by atoms with van der Waals surface area (Å²) in [6.45, 7) is 2.90. The monoisotopic (exact) mass is 292 g/mol. The van der Waals surface area contributed by atoms with Crippen molar-refractivity contribution in [3.63, 3.8) is 0 Å². The highest BCUT2D eigenvalue weighted by Gasteiger charge is 2.07. The Kier molecular flexibility index (Phi) is 4.30. The molecule has 0 aliphatic rings. The first kappa shape index (κ1) is 14.5. The lowest BCUT2D eigenvalue weighted by atomic mass is 10.1. The lowest BCUT2D eigenvalue weighted by Gasteiger charge is -2.10. The van der Waals surface area contributed by atoms with Gasteiger partial charge in [-0.15, -0.1) is 0 Å². The van der Waals surface area contributed by atoms with Crippen molar-refractivity contribution in [1.82, 2.24) is 20.1 Å². The number of rotatable bonds is 5. The summed E-state index contributed by atoms with van der Waals surface area (Å²) in [6, 6.07) is 12.8. The molecule has 1 unspecified atom stereocenters. The van der Waals surface area contributed by atoms with E-state index < -0.39 is 0 Å². The second-order valence-electron chi connectivity index (χ2n) is 5.43. The van der Waals surface area contributed by atoms with Crippen LogP contribution in [0.25, 0.3) is 11.1 Å². The van der Waals surface area contributed by atoms with Crippen LogP contribution in [0.2, 0.25) is 0 Å². The number of benzene rings is 1. The number of hydrogen-bond donors (Lipinski definition) is 1. The van der Waals surface area contributed by atoms with Gasteiger partial charge in [0.2, 0.25) is 0 Å². The Morgan fingerprint density at radius 2 is 1.91 bits per heavy atom. The largest absolute Gasteiger partial charge is 0.313 e. The van der Waals surface area contributed by atoms with E-state index in [9.17, 15) is 0 Å². The van der Waals surface area contributed by atoms with E-state index in [1.165, 1.54) is 11.1 Å². The summed E-state index contributed by atoms with van der Waals surface area (Å²) < 4.78 is 1.96. The van der Waals surface area contributed by atoms with Crippen LogP contribution in [0.1, 0.15) is 24.1 Å².